The van der Waals surface area contributed by atoms with Crippen molar-refractivity contribution in [2.45, 2.75) is 6.92 Å². The maximum absolute atomic E-state index is 10.4. The first-order valence-corrected chi connectivity index (χ1v) is 3.48. The van der Waals surface area contributed by atoms with Gasteiger partial charge in [0.15, 0.2) is 5.69 Å². The maximum atomic E-state index is 10.4. The molecule has 0 amide bonds. The summed E-state index contributed by atoms with van der Waals surface area (Å²) in [4.78, 5) is 0. The number of nitrogens with one attached hydrogen (secondary N) is 1. The Morgan fingerprint density at radius 3 is 2.64 bits per heavy atom. The molecule has 0 bridgehead atoms. The van der Waals surface area contributed by atoms with Gasteiger partial charge in [0, 0.05) is 17.2 Å². The monoisotopic (exact) mass is 173 g/mol. The normalized spacial score (nSPS) is 13.1. The molecule has 0 saturated heterocycles. The van der Waals surface area contributed by atoms with E-state index in [0.29, 0.717) is 5.02 Å². The minimum atomic E-state index is -0.926. The summed E-state index contributed by atoms with van der Waals surface area (Å²) in [5.74, 6) is 0. The third kappa shape index (κ3) is 1.91. The van der Waals surface area contributed by atoms with Gasteiger partial charge >= 0.3 is 0 Å². The quantitative estimate of drug-likeness (QED) is 0.624. The van der Waals surface area contributed by atoms with Crippen LogP contribution in [0.25, 0.3) is 0 Å². The Morgan fingerprint density at radius 2 is 2.18 bits per heavy atom. The highest BCUT2D eigenvalue weighted by Crippen LogP contribution is 2.16. The van der Waals surface area contributed by atoms with Gasteiger partial charge < -0.3 is 5.21 Å². The van der Waals surface area contributed by atoms with Crippen LogP contribution in [0.4, 0.5) is 5.69 Å². The second-order valence-electron chi connectivity index (χ2n) is 2.27. The summed E-state index contributed by atoms with van der Waals surface area (Å²) in [6.45, 7) is 1.77. The molecule has 1 unspecified atom stereocenters. The SMILES string of the molecule is Cc1cc([NH+]([O-])O)ccc1Cl. The Morgan fingerprint density at radius 1 is 1.55 bits per heavy atom. The van der Waals surface area contributed by atoms with Gasteiger partial charge in [0.25, 0.3) is 0 Å². The van der Waals surface area contributed by atoms with Gasteiger partial charge in [0.05, 0.1) is 0 Å². The summed E-state index contributed by atoms with van der Waals surface area (Å²) in [6, 6.07) is 4.61. The summed E-state index contributed by atoms with van der Waals surface area (Å²) in [7, 11) is 0. The van der Waals surface area contributed by atoms with Crippen LogP contribution < -0.4 is 5.23 Å². The van der Waals surface area contributed by atoms with Crippen molar-refractivity contribution in [1.29, 1.82) is 0 Å². The van der Waals surface area contributed by atoms with Crippen LogP contribution in [0.5, 0.6) is 0 Å². The molecule has 0 aliphatic rings. The van der Waals surface area contributed by atoms with E-state index >= 15 is 0 Å². The second-order valence-corrected chi connectivity index (χ2v) is 2.68. The number of hydrogen-bond donors (Lipinski definition) is 2. The number of aryl methyl sites for hydroxylation is 1. The molecule has 4 heteroatoms. The zero-order valence-corrected chi connectivity index (χ0v) is 6.72. The summed E-state index contributed by atoms with van der Waals surface area (Å²) < 4.78 is 0. The molecule has 0 saturated carbocycles. The van der Waals surface area contributed by atoms with Crippen LogP contribution in [-0.4, -0.2) is 5.21 Å². The largest absolute Gasteiger partial charge is 0.595 e. The Bertz CT molecular complexity index is 263. The Hall–Kier alpha value is -0.610. The van der Waals surface area contributed by atoms with E-state index in [9.17, 15) is 5.21 Å². The molecule has 11 heavy (non-hydrogen) atoms. The molecule has 0 fully saturated rings. The molecule has 1 atom stereocenters. The van der Waals surface area contributed by atoms with E-state index in [1.54, 1.807) is 19.1 Å². The van der Waals surface area contributed by atoms with Gasteiger partial charge in [-0.3, -0.25) is 0 Å². The van der Waals surface area contributed by atoms with Crippen molar-refractivity contribution in [1.82, 2.24) is 0 Å². The number of hydrogen-bond acceptors (Lipinski definition) is 2. The van der Waals surface area contributed by atoms with Crippen LogP contribution in [0.1, 0.15) is 5.56 Å². The summed E-state index contributed by atoms with van der Waals surface area (Å²) in [5, 5.41) is 18.6. The van der Waals surface area contributed by atoms with Crippen LogP contribution in [0.15, 0.2) is 18.2 Å². The lowest BCUT2D eigenvalue weighted by Crippen LogP contribution is -2.99. The molecule has 0 aliphatic carbocycles. The summed E-state index contributed by atoms with van der Waals surface area (Å²) in [6.07, 6.45) is 0. The van der Waals surface area contributed by atoms with E-state index in [1.165, 1.54) is 6.07 Å². The molecule has 1 rings (SSSR count). The zero-order chi connectivity index (χ0) is 8.43. The average molecular weight is 174 g/mol. The predicted molar refractivity (Wildman–Crippen MR) is 42.0 cm³/mol. The molecule has 60 valence electrons. The number of quaternary nitrogens is 1. The van der Waals surface area contributed by atoms with E-state index in [1.807, 2.05) is 0 Å². The van der Waals surface area contributed by atoms with Crippen molar-refractivity contribution in [2.75, 3.05) is 0 Å². The van der Waals surface area contributed by atoms with Crippen LogP contribution in [0.2, 0.25) is 5.02 Å². The molecule has 0 aliphatic heterocycles. The van der Waals surface area contributed by atoms with E-state index < -0.39 is 5.23 Å². The third-order valence-corrected chi connectivity index (χ3v) is 1.83. The average Bonchev–Trinajstić information content (AvgIpc) is 1.94. The number of benzene rings is 1. The van der Waals surface area contributed by atoms with Crippen molar-refractivity contribution in [3.63, 3.8) is 0 Å². The van der Waals surface area contributed by atoms with Gasteiger partial charge in [-0.1, -0.05) is 11.6 Å². The van der Waals surface area contributed by atoms with Gasteiger partial charge in [0.2, 0.25) is 0 Å². The molecule has 1 aromatic carbocycles. The van der Waals surface area contributed by atoms with Gasteiger partial charge in [-0.25, -0.2) is 5.21 Å². The lowest BCUT2D eigenvalue weighted by molar-refractivity contribution is -0.991. The van der Waals surface area contributed by atoms with E-state index in [4.69, 9.17) is 16.8 Å². The summed E-state index contributed by atoms with van der Waals surface area (Å²) in [5.41, 5.74) is 1.05. The standard InChI is InChI=1S/C7H8ClNO2/c1-5-4-6(9(10)11)2-3-7(5)8/h2-4,9-10H,1H3. The fourth-order valence-corrected chi connectivity index (χ4v) is 0.895. The third-order valence-electron chi connectivity index (χ3n) is 1.40. The van der Waals surface area contributed by atoms with Crippen molar-refractivity contribution >= 4 is 17.3 Å². The molecular formula is C7H8ClNO2. The lowest BCUT2D eigenvalue weighted by Gasteiger charge is -2.11. The van der Waals surface area contributed by atoms with Gasteiger partial charge in [-0.2, -0.15) is 5.23 Å². The molecule has 3 nitrogen and oxygen atoms in total. The van der Waals surface area contributed by atoms with Gasteiger partial charge in [0.1, 0.15) is 0 Å². The highest BCUT2D eigenvalue weighted by atomic mass is 35.5. The lowest BCUT2D eigenvalue weighted by atomic mass is 10.2. The molecule has 0 heterocycles. The minimum absolute atomic E-state index is 0.270. The fourth-order valence-electron chi connectivity index (χ4n) is 0.778. The number of rotatable bonds is 1. The Kier molecular flexibility index (Phi) is 2.46. The predicted octanol–water partition coefficient (Wildman–Crippen LogP) is 1.05. The molecule has 1 aromatic rings. The zero-order valence-electron chi connectivity index (χ0n) is 5.97. The van der Waals surface area contributed by atoms with Crippen molar-refractivity contribution in [3.05, 3.63) is 34.0 Å². The highest BCUT2D eigenvalue weighted by molar-refractivity contribution is 6.31. The van der Waals surface area contributed by atoms with Gasteiger partial charge in [-0.05, 0) is 18.6 Å². The highest BCUT2D eigenvalue weighted by Gasteiger charge is 2.01. The van der Waals surface area contributed by atoms with Crippen LogP contribution >= 0.6 is 11.6 Å². The smallest absolute Gasteiger partial charge is 0.164 e. The second kappa shape index (κ2) is 3.19. The van der Waals surface area contributed by atoms with E-state index in [2.05, 4.69) is 0 Å². The first kappa shape index (κ1) is 8.49. The van der Waals surface area contributed by atoms with E-state index in [0.717, 1.165) is 5.56 Å². The first-order valence-electron chi connectivity index (χ1n) is 3.10. The molecule has 0 radical (unpaired) electrons. The molecule has 0 aromatic heterocycles. The summed E-state index contributed by atoms with van der Waals surface area (Å²) >= 11 is 5.69. The molecular weight excluding hydrogens is 166 g/mol. The van der Waals surface area contributed by atoms with Crippen molar-refractivity contribution in [3.8, 4) is 0 Å². The van der Waals surface area contributed by atoms with Crippen molar-refractivity contribution < 1.29 is 10.4 Å². The van der Waals surface area contributed by atoms with Crippen molar-refractivity contribution in [2.24, 2.45) is 0 Å². The van der Waals surface area contributed by atoms with Crippen LogP contribution in [0, 0.1) is 12.1 Å². The Balaban J connectivity index is 3.05. The fraction of sp³-hybridized carbons (Fsp3) is 0.143. The molecule has 2 N–H and O–H groups in total. The van der Waals surface area contributed by atoms with Crippen LogP contribution in [-0.2, 0) is 0 Å². The number of halogens is 1. The van der Waals surface area contributed by atoms with E-state index in [-0.39, 0.29) is 5.69 Å². The van der Waals surface area contributed by atoms with Gasteiger partial charge in [-0.15, -0.1) is 0 Å². The molecule has 0 spiro atoms. The maximum Gasteiger partial charge on any atom is 0.164 e. The topological polar surface area (TPSA) is 47.7 Å². The first-order chi connectivity index (χ1) is 5.11. The minimum Gasteiger partial charge on any atom is -0.595 e. The Labute approximate surface area is 69.4 Å². The van der Waals surface area contributed by atoms with Crippen LogP contribution in [0.3, 0.4) is 0 Å².